The average Bonchev–Trinajstić information content (AvgIpc) is 3.49. The average molecular weight is 496 g/mol. The van der Waals surface area contributed by atoms with Crippen molar-refractivity contribution in [3.05, 3.63) is 114 Å². The smallest absolute Gasteiger partial charge is 0.290 e. The summed E-state index contributed by atoms with van der Waals surface area (Å²) >= 11 is 0. The van der Waals surface area contributed by atoms with Crippen molar-refractivity contribution in [2.24, 2.45) is 0 Å². The van der Waals surface area contributed by atoms with E-state index in [1.165, 1.54) is 11.2 Å². The fourth-order valence-electron chi connectivity index (χ4n) is 4.36. The third-order valence-electron chi connectivity index (χ3n) is 6.20. The van der Waals surface area contributed by atoms with E-state index in [9.17, 15) is 14.4 Å². The van der Waals surface area contributed by atoms with Gasteiger partial charge in [0.05, 0.1) is 6.26 Å². The lowest BCUT2D eigenvalue weighted by atomic mass is 9.93. The van der Waals surface area contributed by atoms with E-state index >= 15 is 0 Å². The third kappa shape index (κ3) is 5.38. The van der Waals surface area contributed by atoms with E-state index in [4.69, 9.17) is 9.15 Å². The minimum atomic E-state index is -0.826. The van der Waals surface area contributed by atoms with Crippen molar-refractivity contribution >= 4 is 17.7 Å². The first kappa shape index (κ1) is 23.9. The Labute approximate surface area is 213 Å². The topological polar surface area (TPSA) is 101 Å². The Morgan fingerprint density at radius 2 is 1.57 bits per heavy atom. The van der Waals surface area contributed by atoms with Crippen molar-refractivity contribution in [1.82, 2.24) is 15.8 Å². The van der Waals surface area contributed by atoms with Crippen molar-refractivity contribution < 1.29 is 23.5 Å². The quantitative estimate of drug-likeness (QED) is 0.397. The molecule has 37 heavy (non-hydrogen) atoms. The molecule has 2 N–H and O–H groups in total. The Hall–Kier alpha value is -4.85. The Morgan fingerprint density at radius 1 is 0.838 bits per heavy atom. The van der Waals surface area contributed by atoms with Gasteiger partial charge in [0, 0.05) is 18.5 Å². The van der Waals surface area contributed by atoms with Crippen LogP contribution >= 0.6 is 0 Å². The minimum absolute atomic E-state index is 0.145. The summed E-state index contributed by atoms with van der Waals surface area (Å²) in [7, 11) is 0. The van der Waals surface area contributed by atoms with Gasteiger partial charge in [-0.15, -0.1) is 0 Å². The van der Waals surface area contributed by atoms with Gasteiger partial charge >= 0.3 is 0 Å². The first-order valence-electron chi connectivity index (χ1n) is 11.9. The number of rotatable bonds is 6. The van der Waals surface area contributed by atoms with Gasteiger partial charge in [-0.25, -0.2) is 0 Å². The van der Waals surface area contributed by atoms with Crippen LogP contribution in [0.4, 0.5) is 0 Å². The van der Waals surface area contributed by atoms with E-state index in [1.807, 2.05) is 72.8 Å². The third-order valence-corrected chi connectivity index (χ3v) is 6.20. The zero-order valence-corrected chi connectivity index (χ0v) is 19.9. The molecule has 8 heteroatoms. The van der Waals surface area contributed by atoms with E-state index in [0.717, 1.165) is 22.3 Å². The molecular formula is C29H25N3O5. The Balaban J connectivity index is 1.23. The number of hydrazine groups is 1. The molecule has 0 spiro atoms. The highest BCUT2D eigenvalue weighted by atomic mass is 16.5. The molecule has 0 radical (unpaired) electrons. The normalized spacial score (nSPS) is 14.4. The Morgan fingerprint density at radius 3 is 2.35 bits per heavy atom. The van der Waals surface area contributed by atoms with E-state index < -0.39 is 23.8 Å². The SMILES string of the molecule is O=C(COc1ccccc1-c1ccccc1)NNC(=O)C1Cc2ccccc2CN1C(=O)c1ccco1. The molecule has 8 nitrogen and oxygen atoms in total. The molecule has 1 aromatic heterocycles. The number of hydrogen-bond donors (Lipinski definition) is 2. The Bertz CT molecular complexity index is 1400. The summed E-state index contributed by atoms with van der Waals surface area (Å²) in [6.07, 6.45) is 1.72. The zero-order chi connectivity index (χ0) is 25.6. The number of ether oxygens (including phenoxy) is 1. The van der Waals surface area contributed by atoms with Crippen LogP contribution in [0, 0.1) is 0 Å². The van der Waals surface area contributed by atoms with Crippen molar-refractivity contribution in [3.8, 4) is 16.9 Å². The number of nitrogens with one attached hydrogen (secondary N) is 2. The number of nitrogens with zero attached hydrogens (tertiary/aromatic N) is 1. The van der Waals surface area contributed by atoms with Gasteiger partial charge in [0.15, 0.2) is 12.4 Å². The largest absolute Gasteiger partial charge is 0.483 e. The van der Waals surface area contributed by atoms with E-state index in [-0.39, 0.29) is 18.9 Å². The summed E-state index contributed by atoms with van der Waals surface area (Å²) in [4.78, 5) is 40.2. The van der Waals surface area contributed by atoms with Gasteiger partial charge in [0.1, 0.15) is 11.8 Å². The van der Waals surface area contributed by atoms with Crippen LogP contribution in [-0.2, 0) is 22.6 Å². The molecule has 1 atom stereocenters. The molecule has 4 aromatic rings. The summed E-state index contributed by atoms with van der Waals surface area (Å²) < 4.78 is 11.0. The van der Waals surface area contributed by atoms with Crippen molar-refractivity contribution in [2.45, 2.75) is 19.0 Å². The second kappa shape index (κ2) is 10.8. The summed E-state index contributed by atoms with van der Waals surface area (Å²) in [6.45, 7) is -0.0478. The van der Waals surface area contributed by atoms with Crippen LogP contribution in [0.5, 0.6) is 5.75 Å². The maximum absolute atomic E-state index is 13.1. The number of benzene rings is 3. The molecule has 0 bridgehead atoms. The van der Waals surface area contributed by atoms with Crippen LogP contribution in [0.25, 0.3) is 11.1 Å². The summed E-state index contributed by atoms with van der Waals surface area (Å²) in [5.41, 5.74) is 8.60. The lowest BCUT2D eigenvalue weighted by Crippen LogP contribution is -2.56. The number of carbonyl (C=O) groups excluding carboxylic acids is 3. The molecule has 1 aliphatic rings. The highest BCUT2D eigenvalue weighted by Crippen LogP contribution is 2.29. The number of fused-ring (bicyclic) bond motifs is 1. The highest BCUT2D eigenvalue weighted by molar-refractivity contribution is 5.96. The predicted molar refractivity (Wildman–Crippen MR) is 136 cm³/mol. The summed E-state index contributed by atoms with van der Waals surface area (Å²) in [5, 5.41) is 0. The molecule has 3 aromatic carbocycles. The van der Waals surface area contributed by atoms with E-state index in [0.29, 0.717) is 12.2 Å². The number of para-hydroxylation sites is 1. The second-order valence-corrected chi connectivity index (χ2v) is 8.59. The number of carbonyl (C=O) groups is 3. The number of amides is 3. The van der Waals surface area contributed by atoms with Gasteiger partial charge in [-0.2, -0.15) is 0 Å². The standard InChI is InChI=1S/C29H25N3O5/c33-27(19-37-25-14-7-6-13-23(25)20-9-2-1-3-10-20)30-31-28(34)24-17-21-11-4-5-12-22(21)18-32(24)29(35)26-15-8-16-36-26/h1-16,24H,17-19H2,(H,30,33)(H,31,34). The van der Waals surface area contributed by atoms with Crippen LogP contribution < -0.4 is 15.6 Å². The molecule has 5 rings (SSSR count). The molecule has 0 saturated heterocycles. The first-order chi connectivity index (χ1) is 18.1. The molecule has 186 valence electrons. The predicted octanol–water partition coefficient (Wildman–Crippen LogP) is 3.74. The van der Waals surface area contributed by atoms with E-state index in [2.05, 4.69) is 10.9 Å². The zero-order valence-electron chi connectivity index (χ0n) is 19.9. The molecule has 1 aliphatic heterocycles. The van der Waals surface area contributed by atoms with E-state index in [1.54, 1.807) is 18.2 Å². The molecule has 0 fully saturated rings. The number of hydrogen-bond acceptors (Lipinski definition) is 5. The maximum atomic E-state index is 13.1. The number of furan rings is 1. The fraction of sp³-hybridized carbons (Fsp3) is 0.138. The highest BCUT2D eigenvalue weighted by Gasteiger charge is 2.36. The summed E-state index contributed by atoms with van der Waals surface area (Å²) in [5.74, 6) is -0.739. The molecule has 2 heterocycles. The van der Waals surface area contributed by atoms with Crippen LogP contribution in [0.3, 0.4) is 0 Å². The van der Waals surface area contributed by atoms with Crippen LogP contribution in [0.1, 0.15) is 21.7 Å². The minimum Gasteiger partial charge on any atom is -0.483 e. The maximum Gasteiger partial charge on any atom is 0.290 e. The van der Waals surface area contributed by atoms with Crippen LogP contribution in [0.15, 0.2) is 102 Å². The van der Waals surface area contributed by atoms with Crippen molar-refractivity contribution in [3.63, 3.8) is 0 Å². The van der Waals surface area contributed by atoms with Gasteiger partial charge in [0.25, 0.3) is 17.7 Å². The first-order valence-corrected chi connectivity index (χ1v) is 11.9. The van der Waals surface area contributed by atoms with Gasteiger partial charge in [-0.3, -0.25) is 25.2 Å². The van der Waals surface area contributed by atoms with Gasteiger partial charge in [-0.1, -0.05) is 72.8 Å². The van der Waals surface area contributed by atoms with Crippen LogP contribution in [-0.4, -0.2) is 35.3 Å². The van der Waals surface area contributed by atoms with Crippen LogP contribution in [0.2, 0.25) is 0 Å². The fourth-order valence-corrected chi connectivity index (χ4v) is 4.36. The molecule has 1 unspecified atom stereocenters. The lowest BCUT2D eigenvalue weighted by Gasteiger charge is -2.35. The molecule has 0 aliphatic carbocycles. The monoisotopic (exact) mass is 495 g/mol. The Kier molecular flexibility index (Phi) is 6.98. The van der Waals surface area contributed by atoms with Crippen molar-refractivity contribution in [2.75, 3.05) is 6.61 Å². The molecular weight excluding hydrogens is 470 g/mol. The van der Waals surface area contributed by atoms with Gasteiger partial charge in [-0.05, 0) is 34.9 Å². The van der Waals surface area contributed by atoms with Gasteiger partial charge in [0.2, 0.25) is 0 Å². The van der Waals surface area contributed by atoms with Crippen molar-refractivity contribution in [1.29, 1.82) is 0 Å². The summed E-state index contributed by atoms with van der Waals surface area (Å²) in [6, 6.07) is 27.1. The second-order valence-electron chi connectivity index (χ2n) is 8.59. The molecule has 3 amide bonds. The lowest BCUT2D eigenvalue weighted by molar-refractivity contribution is -0.132. The molecule has 0 saturated carbocycles. The van der Waals surface area contributed by atoms with Gasteiger partial charge < -0.3 is 14.1 Å².